The van der Waals surface area contributed by atoms with Crippen LogP contribution < -0.4 is 24.6 Å². The first-order chi connectivity index (χ1) is 19.7. The van der Waals surface area contributed by atoms with Gasteiger partial charge in [-0.2, -0.15) is 8.42 Å². The number of rotatable bonds is 7. The molecule has 15 heteroatoms. The van der Waals surface area contributed by atoms with Gasteiger partial charge < -0.3 is 15.1 Å². The molecule has 0 spiro atoms. The molecule has 0 bridgehead atoms. The second-order valence-electron chi connectivity index (χ2n) is 9.69. The number of thioether (sulfide) groups is 1. The van der Waals surface area contributed by atoms with Crippen molar-refractivity contribution in [3.8, 4) is 0 Å². The highest BCUT2D eigenvalue weighted by Gasteiger charge is 2.27. The van der Waals surface area contributed by atoms with Gasteiger partial charge >= 0.3 is 0 Å². The molecular weight excluding hydrogens is 566 g/mol. The van der Waals surface area contributed by atoms with E-state index >= 15 is 0 Å². The smallest absolute Gasteiger partial charge is 0.299 e. The molecule has 3 N–H and O–H groups in total. The number of nitro benzene ring substituents is 1. The van der Waals surface area contributed by atoms with Crippen molar-refractivity contribution >= 4 is 67.1 Å². The van der Waals surface area contributed by atoms with Crippen molar-refractivity contribution in [3.05, 3.63) is 70.5 Å². The molecule has 0 radical (unpaired) electrons. The maximum atomic E-state index is 11.9. The molecule has 4 aromatic rings. The summed E-state index contributed by atoms with van der Waals surface area (Å²) in [5.41, 5.74) is 3.28. The molecule has 2 aromatic heterocycles. The Labute approximate surface area is 240 Å². The van der Waals surface area contributed by atoms with Crippen LogP contribution in [0.1, 0.15) is 5.56 Å². The molecule has 0 amide bonds. The van der Waals surface area contributed by atoms with E-state index in [1.165, 1.54) is 16.1 Å². The van der Waals surface area contributed by atoms with Crippen LogP contribution in [0.3, 0.4) is 0 Å². The Bertz CT molecular complexity index is 1760. The lowest BCUT2D eigenvalue weighted by molar-refractivity contribution is -0.383. The van der Waals surface area contributed by atoms with Crippen LogP contribution in [-0.2, 0) is 16.6 Å². The molecule has 2 aromatic carbocycles. The fourth-order valence-corrected chi connectivity index (χ4v) is 6.53. The van der Waals surface area contributed by atoms with Gasteiger partial charge in [-0.15, -0.1) is 0 Å². The number of aromatic nitrogens is 3. The summed E-state index contributed by atoms with van der Waals surface area (Å²) in [7, 11) is -3.80. The third kappa shape index (κ3) is 5.30. The van der Waals surface area contributed by atoms with Crippen molar-refractivity contribution < 1.29 is 13.3 Å². The van der Waals surface area contributed by atoms with Gasteiger partial charge in [-0.05, 0) is 48.6 Å². The zero-order valence-corrected chi connectivity index (χ0v) is 23.7. The number of non-ortho nitro benzene ring substituents is 1. The summed E-state index contributed by atoms with van der Waals surface area (Å²) < 4.78 is 24.9. The third-order valence-electron chi connectivity index (χ3n) is 7.30. The number of piperazine rings is 1. The third-order valence-corrected chi connectivity index (χ3v) is 8.84. The van der Waals surface area contributed by atoms with Crippen molar-refractivity contribution in [1.29, 1.82) is 0 Å². The number of nitrogens with two attached hydrogens (primary N) is 1. The zero-order chi connectivity index (χ0) is 28.7. The van der Waals surface area contributed by atoms with E-state index in [1.54, 1.807) is 24.5 Å². The zero-order valence-electron chi connectivity index (χ0n) is 22.1. The second kappa shape index (κ2) is 10.6. The van der Waals surface area contributed by atoms with E-state index in [4.69, 9.17) is 10.1 Å². The maximum Gasteiger partial charge on any atom is 0.299 e. The van der Waals surface area contributed by atoms with Crippen LogP contribution in [0.2, 0.25) is 0 Å². The molecule has 212 valence electrons. The first-order valence-corrected chi connectivity index (χ1v) is 15.6. The number of hydrogen-bond acceptors (Lipinski definition) is 11. The number of anilines is 5. The van der Waals surface area contributed by atoms with Gasteiger partial charge in [0, 0.05) is 74.0 Å². The average molecular weight is 594 g/mol. The summed E-state index contributed by atoms with van der Waals surface area (Å²) in [5.74, 6) is 1.43. The van der Waals surface area contributed by atoms with Gasteiger partial charge in [-0.25, -0.2) is 15.1 Å². The Morgan fingerprint density at radius 3 is 2.46 bits per heavy atom. The van der Waals surface area contributed by atoms with E-state index in [9.17, 15) is 18.5 Å². The van der Waals surface area contributed by atoms with Gasteiger partial charge in [-0.3, -0.25) is 19.4 Å². The molecule has 1 saturated heterocycles. The van der Waals surface area contributed by atoms with Gasteiger partial charge in [0.15, 0.2) is 5.16 Å². The minimum absolute atomic E-state index is 0.0474. The molecule has 0 aliphatic carbocycles. The van der Waals surface area contributed by atoms with Crippen LogP contribution in [0, 0.1) is 10.1 Å². The fourth-order valence-electron chi connectivity index (χ4n) is 5.36. The number of benzene rings is 2. The first-order valence-electron chi connectivity index (χ1n) is 12.9. The normalized spacial score (nSPS) is 15.3. The standard InChI is InChI=1S/C26H27N9O4S2/c1-40-26-30-24(29-18-2-3-21-17(14-18)7-9-34(21)41(27,38)39)15-25(31-26)33-12-10-32(11-13-33)22-4-5-23(35(36)37)20-16-28-8-6-19(20)22/h2-6,8,14-16H,7,9-13H2,1H3,(H2,27,38,39)(H,29,30,31). The van der Waals surface area contributed by atoms with Crippen LogP contribution in [0.5, 0.6) is 0 Å². The van der Waals surface area contributed by atoms with Gasteiger partial charge in [0.2, 0.25) is 0 Å². The van der Waals surface area contributed by atoms with Crippen LogP contribution >= 0.6 is 11.8 Å². The summed E-state index contributed by atoms with van der Waals surface area (Å²) in [4.78, 5) is 29.0. The van der Waals surface area contributed by atoms with Crippen molar-refractivity contribution in [1.82, 2.24) is 15.0 Å². The minimum Gasteiger partial charge on any atom is -0.367 e. The van der Waals surface area contributed by atoms with Gasteiger partial charge in [0.1, 0.15) is 11.6 Å². The summed E-state index contributed by atoms with van der Waals surface area (Å²) in [6, 6.07) is 12.6. The van der Waals surface area contributed by atoms with Crippen molar-refractivity contribution in [2.45, 2.75) is 11.6 Å². The van der Waals surface area contributed by atoms with Crippen molar-refractivity contribution in [2.75, 3.05) is 58.4 Å². The highest BCUT2D eigenvalue weighted by atomic mass is 32.2. The number of nitrogens with one attached hydrogen (secondary N) is 1. The largest absolute Gasteiger partial charge is 0.367 e. The monoisotopic (exact) mass is 593 g/mol. The summed E-state index contributed by atoms with van der Waals surface area (Å²) >= 11 is 1.45. The quantitative estimate of drug-likeness (QED) is 0.140. The lowest BCUT2D eigenvalue weighted by Gasteiger charge is -2.37. The van der Waals surface area contributed by atoms with E-state index < -0.39 is 10.2 Å². The molecule has 2 aliphatic rings. The van der Waals surface area contributed by atoms with Gasteiger partial charge in [0.05, 0.1) is 16.0 Å². The molecule has 41 heavy (non-hydrogen) atoms. The van der Waals surface area contributed by atoms with E-state index in [2.05, 4.69) is 25.1 Å². The summed E-state index contributed by atoms with van der Waals surface area (Å²) in [5, 5.41) is 22.2. The Morgan fingerprint density at radius 1 is 0.976 bits per heavy atom. The number of hydrogen-bond donors (Lipinski definition) is 2. The molecular formula is C26H27N9O4S2. The molecule has 4 heterocycles. The van der Waals surface area contributed by atoms with Crippen LogP contribution in [0.4, 0.5) is 34.4 Å². The first kappa shape index (κ1) is 27.0. The predicted molar refractivity (Wildman–Crippen MR) is 161 cm³/mol. The highest BCUT2D eigenvalue weighted by Crippen LogP contribution is 2.35. The Balaban J connectivity index is 1.20. The molecule has 0 atom stereocenters. The minimum atomic E-state index is -3.80. The molecule has 1 fully saturated rings. The Hall–Kier alpha value is -4.21. The molecule has 0 saturated carbocycles. The van der Waals surface area contributed by atoms with Crippen LogP contribution in [0.15, 0.2) is 60.0 Å². The number of pyridine rings is 1. The van der Waals surface area contributed by atoms with E-state index in [1.807, 2.05) is 36.6 Å². The van der Waals surface area contributed by atoms with Crippen LogP contribution in [0.25, 0.3) is 10.8 Å². The Morgan fingerprint density at radius 2 is 1.73 bits per heavy atom. The fraction of sp³-hybridized carbons (Fsp3) is 0.269. The molecule has 6 rings (SSSR count). The number of nitro groups is 1. The van der Waals surface area contributed by atoms with Gasteiger partial charge in [-0.1, -0.05) is 11.8 Å². The van der Waals surface area contributed by atoms with Crippen LogP contribution in [-0.4, -0.2) is 67.3 Å². The van der Waals surface area contributed by atoms with Gasteiger partial charge in [0.25, 0.3) is 15.9 Å². The van der Waals surface area contributed by atoms with E-state index in [0.29, 0.717) is 61.2 Å². The molecule has 13 nitrogen and oxygen atoms in total. The van der Waals surface area contributed by atoms with E-state index in [0.717, 1.165) is 28.1 Å². The number of fused-ring (bicyclic) bond motifs is 2. The predicted octanol–water partition coefficient (Wildman–Crippen LogP) is 3.29. The molecule has 0 unspecified atom stereocenters. The van der Waals surface area contributed by atoms with Crippen molar-refractivity contribution in [2.24, 2.45) is 5.14 Å². The Kier molecular flexibility index (Phi) is 7.01. The summed E-state index contributed by atoms with van der Waals surface area (Å²) in [6.07, 6.45) is 5.70. The van der Waals surface area contributed by atoms with E-state index in [-0.39, 0.29) is 10.6 Å². The van der Waals surface area contributed by atoms with Crippen molar-refractivity contribution in [3.63, 3.8) is 0 Å². The SMILES string of the molecule is CSc1nc(Nc2ccc3c(c2)CCN3S(N)(=O)=O)cc(N2CCN(c3ccc([N+](=O)[O-])c4cnccc34)CC2)n1. The lowest BCUT2D eigenvalue weighted by Crippen LogP contribution is -2.47. The topological polar surface area (TPSA) is 164 Å². The number of nitrogens with zero attached hydrogens (tertiary/aromatic N) is 7. The summed E-state index contributed by atoms with van der Waals surface area (Å²) in [6.45, 7) is 3.15. The highest BCUT2D eigenvalue weighted by molar-refractivity contribution is 7.98. The maximum absolute atomic E-state index is 11.9. The second-order valence-corrected chi connectivity index (χ2v) is 11.9. The molecule has 2 aliphatic heterocycles. The lowest BCUT2D eigenvalue weighted by atomic mass is 10.1. The average Bonchev–Trinajstić information content (AvgIpc) is 3.40.